The second kappa shape index (κ2) is 4.43. The number of rotatable bonds is 4. The lowest BCUT2D eigenvalue weighted by Gasteiger charge is -2.04. The summed E-state index contributed by atoms with van der Waals surface area (Å²) in [6.45, 7) is -0.0406. The number of ether oxygens (including phenoxy) is 1. The predicted octanol–water partition coefficient (Wildman–Crippen LogP) is -0.267. The van der Waals surface area contributed by atoms with Crippen LogP contribution in [0.5, 0.6) is 5.88 Å². The second-order valence-corrected chi connectivity index (χ2v) is 2.46. The van der Waals surface area contributed by atoms with Crippen molar-refractivity contribution in [3.05, 3.63) is 17.7 Å². The van der Waals surface area contributed by atoms with Crippen molar-refractivity contribution < 1.29 is 19.7 Å². The molecule has 0 aliphatic rings. The molecular formula is C8H10N2O4. The fourth-order valence-corrected chi connectivity index (χ4v) is 0.868. The number of nitrogen functional groups attached to an aromatic ring is 1. The van der Waals surface area contributed by atoms with Gasteiger partial charge in [0.1, 0.15) is 18.0 Å². The molecule has 1 aromatic heterocycles. The van der Waals surface area contributed by atoms with Crippen molar-refractivity contribution in [2.45, 2.75) is 0 Å². The summed E-state index contributed by atoms with van der Waals surface area (Å²) in [6, 6.07) is 2.69. The van der Waals surface area contributed by atoms with Crippen LogP contribution >= 0.6 is 0 Å². The highest BCUT2D eigenvalue weighted by atomic mass is 16.5. The van der Waals surface area contributed by atoms with E-state index in [0.717, 1.165) is 0 Å². The third-order valence-corrected chi connectivity index (χ3v) is 1.47. The minimum absolute atomic E-state index is 0.0682. The first kappa shape index (κ1) is 10.3. The number of carboxylic acid groups (broad SMARTS) is 1. The van der Waals surface area contributed by atoms with E-state index < -0.39 is 5.97 Å². The van der Waals surface area contributed by atoms with Crippen LogP contribution in [-0.2, 0) is 0 Å². The predicted molar refractivity (Wildman–Crippen MR) is 48.2 cm³/mol. The van der Waals surface area contributed by atoms with Crippen molar-refractivity contribution in [1.29, 1.82) is 0 Å². The Kier molecular flexibility index (Phi) is 3.24. The molecule has 76 valence electrons. The van der Waals surface area contributed by atoms with E-state index in [-0.39, 0.29) is 30.5 Å². The number of aliphatic hydroxyl groups is 1. The van der Waals surface area contributed by atoms with Crippen molar-refractivity contribution in [2.75, 3.05) is 18.9 Å². The zero-order valence-corrected chi connectivity index (χ0v) is 7.30. The summed E-state index contributed by atoms with van der Waals surface area (Å²) in [4.78, 5) is 14.2. The average Bonchev–Trinajstić information content (AvgIpc) is 2.14. The van der Waals surface area contributed by atoms with Crippen LogP contribution < -0.4 is 10.5 Å². The van der Waals surface area contributed by atoms with Gasteiger partial charge in [-0.3, -0.25) is 0 Å². The van der Waals surface area contributed by atoms with Crippen LogP contribution in [0.25, 0.3) is 0 Å². The Labute approximate surface area is 79.9 Å². The molecule has 6 heteroatoms. The number of carboxylic acids is 1. The number of aromatic nitrogens is 1. The highest BCUT2D eigenvalue weighted by Gasteiger charge is 2.09. The average molecular weight is 198 g/mol. The van der Waals surface area contributed by atoms with Gasteiger partial charge in [0, 0.05) is 6.07 Å². The van der Waals surface area contributed by atoms with Crippen LogP contribution in [0, 0.1) is 0 Å². The van der Waals surface area contributed by atoms with Gasteiger partial charge in [-0.25, -0.2) is 4.79 Å². The first-order valence-corrected chi connectivity index (χ1v) is 3.88. The van der Waals surface area contributed by atoms with Gasteiger partial charge >= 0.3 is 5.97 Å². The van der Waals surface area contributed by atoms with Crippen LogP contribution in [-0.4, -0.2) is 34.4 Å². The molecule has 0 atom stereocenters. The molecule has 1 rings (SSSR count). The molecular weight excluding hydrogens is 188 g/mol. The Morgan fingerprint density at radius 2 is 2.29 bits per heavy atom. The number of carbonyl (C=O) groups is 1. The second-order valence-electron chi connectivity index (χ2n) is 2.46. The highest BCUT2D eigenvalue weighted by molar-refractivity contribution is 5.92. The van der Waals surface area contributed by atoms with E-state index in [4.69, 9.17) is 20.7 Å². The van der Waals surface area contributed by atoms with Crippen molar-refractivity contribution in [3.8, 4) is 5.88 Å². The maximum absolute atomic E-state index is 10.5. The van der Waals surface area contributed by atoms with Gasteiger partial charge in [-0.1, -0.05) is 0 Å². The van der Waals surface area contributed by atoms with Crippen LogP contribution in [0.15, 0.2) is 12.1 Å². The van der Waals surface area contributed by atoms with Crippen molar-refractivity contribution in [3.63, 3.8) is 0 Å². The molecule has 0 radical (unpaired) electrons. The molecule has 0 bridgehead atoms. The van der Waals surface area contributed by atoms with Crippen LogP contribution in [0.2, 0.25) is 0 Å². The minimum atomic E-state index is -1.14. The van der Waals surface area contributed by atoms with E-state index in [1.54, 1.807) is 0 Å². The Bertz CT molecular complexity index is 340. The van der Waals surface area contributed by atoms with E-state index in [1.807, 2.05) is 0 Å². The number of aliphatic hydroxyl groups excluding tert-OH is 1. The molecule has 0 spiro atoms. The number of anilines is 1. The molecule has 0 saturated carbocycles. The summed E-state index contributed by atoms with van der Waals surface area (Å²) in [7, 11) is 0. The number of nitrogens with zero attached hydrogens (tertiary/aromatic N) is 1. The van der Waals surface area contributed by atoms with Gasteiger partial charge in [0.15, 0.2) is 0 Å². The van der Waals surface area contributed by atoms with Crippen LogP contribution in [0.4, 0.5) is 5.82 Å². The largest absolute Gasteiger partial charge is 0.478 e. The van der Waals surface area contributed by atoms with E-state index >= 15 is 0 Å². The summed E-state index contributed by atoms with van der Waals surface area (Å²) < 4.78 is 4.94. The van der Waals surface area contributed by atoms with Gasteiger partial charge in [-0.15, -0.1) is 0 Å². The number of nitrogens with two attached hydrogens (primary N) is 1. The third-order valence-electron chi connectivity index (χ3n) is 1.47. The van der Waals surface area contributed by atoms with Gasteiger partial charge in [-0.2, -0.15) is 4.98 Å². The van der Waals surface area contributed by atoms with Crippen LogP contribution in [0.3, 0.4) is 0 Å². The SMILES string of the molecule is Nc1nc(OCCO)ccc1C(=O)O. The summed E-state index contributed by atoms with van der Waals surface area (Å²) in [5.74, 6) is -1.04. The number of hydrogen-bond acceptors (Lipinski definition) is 5. The number of hydrogen-bond donors (Lipinski definition) is 3. The highest BCUT2D eigenvalue weighted by Crippen LogP contribution is 2.14. The quantitative estimate of drug-likeness (QED) is 0.615. The van der Waals surface area contributed by atoms with Gasteiger partial charge < -0.3 is 20.7 Å². The molecule has 14 heavy (non-hydrogen) atoms. The lowest BCUT2D eigenvalue weighted by Crippen LogP contribution is -2.07. The molecule has 0 aliphatic heterocycles. The zero-order chi connectivity index (χ0) is 10.6. The molecule has 0 aromatic carbocycles. The van der Waals surface area contributed by atoms with Gasteiger partial charge in [0.25, 0.3) is 0 Å². The topological polar surface area (TPSA) is 106 Å². The molecule has 6 nitrogen and oxygen atoms in total. The summed E-state index contributed by atoms with van der Waals surface area (Å²) in [5.41, 5.74) is 5.29. The first-order valence-electron chi connectivity index (χ1n) is 3.88. The van der Waals surface area contributed by atoms with Gasteiger partial charge in [-0.05, 0) is 6.07 Å². The summed E-state index contributed by atoms with van der Waals surface area (Å²) in [5, 5.41) is 17.1. The zero-order valence-electron chi connectivity index (χ0n) is 7.30. The van der Waals surface area contributed by atoms with E-state index in [2.05, 4.69) is 4.98 Å². The fraction of sp³-hybridized carbons (Fsp3) is 0.250. The van der Waals surface area contributed by atoms with E-state index in [1.165, 1.54) is 12.1 Å². The normalized spacial score (nSPS) is 9.79. The van der Waals surface area contributed by atoms with Crippen LogP contribution in [0.1, 0.15) is 10.4 Å². The van der Waals surface area contributed by atoms with Crippen molar-refractivity contribution in [1.82, 2.24) is 4.98 Å². The molecule has 1 heterocycles. The summed E-state index contributed by atoms with van der Waals surface area (Å²) in [6.07, 6.45) is 0. The van der Waals surface area contributed by atoms with Crippen molar-refractivity contribution >= 4 is 11.8 Å². The van der Waals surface area contributed by atoms with E-state index in [9.17, 15) is 4.79 Å². The molecule has 0 amide bonds. The molecule has 0 saturated heterocycles. The Morgan fingerprint density at radius 1 is 1.57 bits per heavy atom. The maximum Gasteiger partial charge on any atom is 0.339 e. The lowest BCUT2D eigenvalue weighted by atomic mass is 10.2. The first-order chi connectivity index (χ1) is 6.65. The van der Waals surface area contributed by atoms with Gasteiger partial charge in [0.05, 0.1) is 6.61 Å². The van der Waals surface area contributed by atoms with E-state index in [0.29, 0.717) is 0 Å². The molecule has 0 aliphatic carbocycles. The standard InChI is InChI=1S/C8H10N2O4/c9-7-5(8(12)13)1-2-6(10-7)14-4-3-11/h1-2,11H,3-4H2,(H2,9,10)(H,12,13). The Hall–Kier alpha value is -1.82. The summed E-state index contributed by atoms with van der Waals surface area (Å²) >= 11 is 0. The van der Waals surface area contributed by atoms with Crippen molar-refractivity contribution in [2.24, 2.45) is 0 Å². The number of aromatic carboxylic acids is 1. The fourth-order valence-electron chi connectivity index (χ4n) is 0.868. The lowest BCUT2D eigenvalue weighted by molar-refractivity contribution is 0.0697. The van der Waals surface area contributed by atoms with Gasteiger partial charge in [0.2, 0.25) is 5.88 Å². The molecule has 0 unspecified atom stereocenters. The Balaban J connectivity index is 2.83. The monoisotopic (exact) mass is 198 g/mol. The maximum atomic E-state index is 10.5. The Morgan fingerprint density at radius 3 is 2.79 bits per heavy atom. The number of pyridine rings is 1. The molecule has 1 aromatic rings. The third kappa shape index (κ3) is 2.33. The minimum Gasteiger partial charge on any atom is -0.478 e. The smallest absolute Gasteiger partial charge is 0.339 e. The molecule has 4 N–H and O–H groups in total. The molecule has 0 fully saturated rings.